The fourth-order valence-electron chi connectivity index (χ4n) is 2.78. The molecule has 0 N–H and O–H groups in total. The molecule has 2 aromatic carbocycles. The van der Waals surface area contributed by atoms with Gasteiger partial charge in [0.25, 0.3) is 0 Å². The maximum absolute atomic E-state index is 2.34. The smallest absolute Gasteiger partial charge is 1.00 e. The van der Waals surface area contributed by atoms with Gasteiger partial charge in [0.2, 0.25) is 0 Å². The van der Waals surface area contributed by atoms with Crippen LogP contribution in [0.2, 0.25) is 0 Å². The molecule has 21 heavy (non-hydrogen) atoms. The SMILES string of the molecule is CCCCC1=C(c2cc3ccccc3[cH-]2)CC=C1.[Cl-].[Cl-].[Ti+3]. The van der Waals surface area contributed by atoms with Gasteiger partial charge in [0.15, 0.2) is 0 Å². The van der Waals surface area contributed by atoms with Crippen molar-refractivity contribution in [1.82, 2.24) is 0 Å². The zero-order chi connectivity index (χ0) is 12.4. The van der Waals surface area contributed by atoms with Crippen molar-refractivity contribution in [3.8, 4) is 0 Å². The Hall–Kier alpha value is -0.396. The standard InChI is InChI=1S/C18H19.2ClH.Ti/c1-2-3-7-14-10-6-11-18(14)17-12-15-8-4-5-9-16(15)13-17;;;/h4-6,8-10,12-13H,2-3,7,11H2,1H3;2*1H;/q-1;;;+3/p-2. The molecule has 3 heteroatoms. The van der Waals surface area contributed by atoms with Crippen molar-refractivity contribution in [3.63, 3.8) is 0 Å². The molecule has 0 bridgehead atoms. The van der Waals surface area contributed by atoms with Crippen LogP contribution >= 0.6 is 0 Å². The molecule has 0 aromatic heterocycles. The molecule has 0 aliphatic heterocycles. The van der Waals surface area contributed by atoms with Gasteiger partial charge in [-0.05, 0) is 12.8 Å². The topological polar surface area (TPSA) is 0 Å². The number of benzene rings is 1. The zero-order valence-electron chi connectivity index (χ0n) is 12.2. The van der Waals surface area contributed by atoms with Gasteiger partial charge < -0.3 is 24.8 Å². The Morgan fingerprint density at radius 3 is 2.62 bits per heavy atom. The van der Waals surface area contributed by atoms with Gasteiger partial charge in [0.1, 0.15) is 0 Å². The van der Waals surface area contributed by atoms with E-state index in [1.54, 1.807) is 11.1 Å². The maximum atomic E-state index is 2.34. The Morgan fingerprint density at radius 2 is 1.90 bits per heavy atom. The number of hydrogen-bond acceptors (Lipinski definition) is 0. The number of rotatable bonds is 4. The van der Waals surface area contributed by atoms with Crippen molar-refractivity contribution in [3.05, 3.63) is 59.7 Å². The Bertz CT molecular complexity index is 590. The molecule has 0 unspecified atom stereocenters. The molecule has 0 nitrogen and oxygen atoms in total. The fraction of sp³-hybridized carbons (Fsp3) is 0.278. The second kappa shape index (κ2) is 9.59. The summed E-state index contributed by atoms with van der Waals surface area (Å²) in [6.45, 7) is 2.26. The molecule has 1 radical (unpaired) electrons. The average molecular weight is 354 g/mol. The van der Waals surface area contributed by atoms with Crippen LogP contribution in [0, 0.1) is 0 Å². The van der Waals surface area contributed by atoms with Gasteiger partial charge in [-0.1, -0.05) is 61.3 Å². The van der Waals surface area contributed by atoms with E-state index < -0.39 is 0 Å². The summed E-state index contributed by atoms with van der Waals surface area (Å²) in [7, 11) is 0. The molecule has 1 aliphatic carbocycles. The fourth-order valence-corrected chi connectivity index (χ4v) is 2.78. The summed E-state index contributed by atoms with van der Waals surface area (Å²) in [5.41, 5.74) is 4.51. The first kappa shape index (κ1) is 20.6. The molecule has 0 atom stereocenters. The van der Waals surface area contributed by atoms with Crippen LogP contribution in [0.1, 0.15) is 38.2 Å². The first-order chi connectivity index (χ1) is 8.88. The molecular formula is C18H19Cl2Ti. The van der Waals surface area contributed by atoms with E-state index in [-0.39, 0.29) is 46.5 Å². The monoisotopic (exact) mass is 353 g/mol. The van der Waals surface area contributed by atoms with E-state index in [0.29, 0.717) is 0 Å². The van der Waals surface area contributed by atoms with E-state index in [1.165, 1.54) is 35.6 Å². The third-order valence-corrected chi connectivity index (χ3v) is 3.79. The van der Waals surface area contributed by atoms with E-state index in [1.807, 2.05) is 0 Å². The van der Waals surface area contributed by atoms with E-state index in [4.69, 9.17) is 0 Å². The minimum absolute atomic E-state index is 0. The number of allylic oxidation sites excluding steroid dienone is 4. The molecule has 2 aromatic rings. The minimum Gasteiger partial charge on any atom is -1.00 e. The molecule has 3 rings (SSSR count). The third kappa shape index (κ3) is 4.53. The number of hydrogen-bond donors (Lipinski definition) is 0. The second-order valence-corrected chi connectivity index (χ2v) is 5.09. The first-order valence-corrected chi connectivity index (χ1v) is 6.93. The van der Waals surface area contributed by atoms with Gasteiger partial charge in [0, 0.05) is 0 Å². The normalized spacial score (nSPS) is 12.8. The third-order valence-electron chi connectivity index (χ3n) is 3.79. The van der Waals surface area contributed by atoms with Gasteiger partial charge in [-0.3, -0.25) is 0 Å². The van der Waals surface area contributed by atoms with Gasteiger partial charge in [0.05, 0.1) is 0 Å². The summed E-state index contributed by atoms with van der Waals surface area (Å²) in [4.78, 5) is 0. The Labute approximate surface area is 154 Å². The van der Waals surface area contributed by atoms with Crippen LogP contribution in [0.15, 0.2) is 54.1 Å². The molecule has 109 valence electrons. The van der Waals surface area contributed by atoms with Gasteiger partial charge in [-0.2, -0.15) is 0 Å². The summed E-state index contributed by atoms with van der Waals surface area (Å²) in [6.07, 6.45) is 9.52. The largest absolute Gasteiger partial charge is 3.00 e. The van der Waals surface area contributed by atoms with Crippen LogP contribution in [0.5, 0.6) is 0 Å². The quantitative estimate of drug-likeness (QED) is 0.512. The van der Waals surface area contributed by atoms with Crippen LogP contribution in [-0.2, 0) is 21.7 Å². The van der Waals surface area contributed by atoms with Crippen molar-refractivity contribution < 1.29 is 46.5 Å². The Balaban J connectivity index is 0.00000133. The van der Waals surface area contributed by atoms with Gasteiger partial charge in [-0.25, -0.2) is 0 Å². The number of fused-ring (bicyclic) bond motifs is 1. The van der Waals surface area contributed by atoms with Crippen molar-refractivity contribution in [1.29, 1.82) is 0 Å². The number of halogens is 2. The summed E-state index contributed by atoms with van der Waals surface area (Å²) >= 11 is 0. The molecule has 1 aliphatic rings. The van der Waals surface area contributed by atoms with Gasteiger partial charge >= 0.3 is 21.7 Å². The van der Waals surface area contributed by atoms with Crippen molar-refractivity contribution >= 4 is 16.3 Å². The maximum Gasteiger partial charge on any atom is 3.00 e. The second-order valence-electron chi connectivity index (χ2n) is 5.09. The first-order valence-electron chi connectivity index (χ1n) is 6.93. The van der Waals surface area contributed by atoms with E-state index in [0.717, 1.165) is 6.42 Å². The predicted molar refractivity (Wildman–Crippen MR) is 79.7 cm³/mol. The summed E-state index contributed by atoms with van der Waals surface area (Å²) in [6, 6.07) is 13.3. The predicted octanol–water partition coefficient (Wildman–Crippen LogP) is -0.532. The molecule has 0 amide bonds. The van der Waals surface area contributed by atoms with Crippen LogP contribution in [0.25, 0.3) is 16.3 Å². The summed E-state index contributed by atoms with van der Waals surface area (Å²) in [5.74, 6) is 0. The molecule has 0 saturated carbocycles. The number of unbranched alkanes of at least 4 members (excludes halogenated alkanes) is 1. The molecule has 0 spiro atoms. The van der Waals surface area contributed by atoms with Gasteiger partial charge in [-0.15, -0.1) is 34.5 Å². The summed E-state index contributed by atoms with van der Waals surface area (Å²) < 4.78 is 0. The van der Waals surface area contributed by atoms with Crippen LogP contribution < -0.4 is 24.8 Å². The van der Waals surface area contributed by atoms with Crippen LogP contribution in [-0.4, -0.2) is 0 Å². The molecule has 0 fully saturated rings. The molecular weight excluding hydrogens is 335 g/mol. The van der Waals surface area contributed by atoms with Crippen molar-refractivity contribution in [2.45, 2.75) is 32.6 Å². The van der Waals surface area contributed by atoms with E-state index in [9.17, 15) is 0 Å². The van der Waals surface area contributed by atoms with Crippen molar-refractivity contribution in [2.24, 2.45) is 0 Å². The Morgan fingerprint density at radius 1 is 1.14 bits per heavy atom. The Kier molecular flexibility index (Phi) is 9.41. The van der Waals surface area contributed by atoms with E-state index in [2.05, 4.69) is 55.5 Å². The molecule has 0 saturated heterocycles. The minimum atomic E-state index is 0. The zero-order valence-corrected chi connectivity index (χ0v) is 15.3. The van der Waals surface area contributed by atoms with Crippen LogP contribution in [0.4, 0.5) is 0 Å². The van der Waals surface area contributed by atoms with Crippen LogP contribution in [0.3, 0.4) is 0 Å². The van der Waals surface area contributed by atoms with Crippen molar-refractivity contribution in [2.75, 3.05) is 0 Å². The van der Waals surface area contributed by atoms with E-state index >= 15 is 0 Å². The average Bonchev–Trinajstić information content (AvgIpc) is 3.01. The molecule has 0 heterocycles. The summed E-state index contributed by atoms with van der Waals surface area (Å²) in [5, 5.41) is 2.73.